The van der Waals surface area contributed by atoms with Crippen molar-refractivity contribution in [2.24, 2.45) is 5.92 Å². The molecule has 1 unspecified atom stereocenters. The molecule has 0 radical (unpaired) electrons. The Morgan fingerprint density at radius 2 is 1.89 bits per heavy atom. The van der Waals surface area contributed by atoms with Crippen molar-refractivity contribution >= 4 is 0 Å². The minimum atomic E-state index is 0.606. The van der Waals surface area contributed by atoms with Gasteiger partial charge in [0.25, 0.3) is 0 Å². The van der Waals surface area contributed by atoms with Gasteiger partial charge in [-0.2, -0.15) is 0 Å². The maximum atomic E-state index is 5.42. The zero-order valence-electron chi connectivity index (χ0n) is 11.9. The Bertz CT molecular complexity index is 428. The third-order valence-electron chi connectivity index (χ3n) is 4.11. The predicted molar refractivity (Wildman–Crippen MR) is 74.0 cm³/mol. The fraction of sp³-hybridized carbons (Fsp3) is 0.733. The first kappa shape index (κ1) is 13.0. The zero-order valence-corrected chi connectivity index (χ0v) is 11.9. The summed E-state index contributed by atoms with van der Waals surface area (Å²) in [5, 5.41) is 3.55. The Kier molecular flexibility index (Phi) is 3.80. The van der Waals surface area contributed by atoms with Crippen molar-refractivity contribution in [1.82, 2.24) is 15.3 Å². The fourth-order valence-electron chi connectivity index (χ4n) is 2.69. The van der Waals surface area contributed by atoms with Crippen LogP contribution in [0.25, 0.3) is 0 Å². The standard InChI is InChI=1S/C15H23N3O/c1-10-14(8-16-13-3-4-13)11(2)18-15(17-10)7-12-5-6-19-9-12/h12-13,16H,3-9H2,1-2H3. The molecule has 2 aliphatic rings. The van der Waals surface area contributed by atoms with Crippen molar-refractivity contribution in [2.75, 3.05) is 13.2 Å². The number of aromatic nitrogens is 2. The van der Waals surface area contributed by atoms with Crippen LogP contribution in [0.15, 0.2) is 0 Å². The quantitative estimate of drug-likeness (QED) is 0.879. The lowest BCUT2D eigenvalue weighted by atomic mass is 10.0. The zero-order chi connectivity index (χ0) is 13.2. The topological polar surface area (TPSA) is 47.0 Å². The second-order valence-electron chi connectivity index (χ2n) is 5.88. The molecule has 4 nitrogen and oxygen atoms in total. The molecule has 1 atom stereocenters. The van der Waals surface area contributed by atoms with E-state index in [1.807, 2.05) is 0 Å². The van der Waals surface area contributed by atoms with E-state index in [1.165, 1.54) is 18.4 Å². The van der Waals surface area contributed by atoms with E-state index in [4.69, 9.17) is 4.74 Å². The molecule has 1 N–H and O–H groups in total. The van der Waals surface area contributed by atoms with E-state index in [-0.39, 0.29) is 0 Å². The third kappa shape index (κ3) is 3.31. The van der Waals surface area contributed by atoms with Crippen LogP contribution in [0.3, 0.4) is 0 Å². The first-order chi connectivity index (χ1) is 9.22. The van der Waals surface area contributed by atoms with Crippen LogP contribution in [0, 0.1) is 19.8 Å². The summed E-state index contributed by atoms with van der Waals surface area (Å²) in [6.07, 6.45) is 4.74. The van der Waals surface area contributed by atoms with Gasteiger partial charge in [0, 0.05) is 49.2 Å². The fourth-order valence-corrected chi connectivity index (χ4v) is 2.69. The maximum absolute atomic E-state index is 5.42. The van der Waals surface area contributed by atoms with E-state index in [0.717, 1.165) is 55.9 Å². The highest BCUT2D eigenvalue weighted by Gasteiger charge is 2.22. The molecule has 1 aromatic heterocycles. The van der Waals surface area contributed by atoms with Crippen LogP contribution in [0.4, 0.5) is 0 Å². The number of hydrogen-bond donors (Lipinski definition) is 1. The van der Waals surface area contributed by atoms with Gasteiger partial charge in [0.15, 0.2) is 0 Å². The smallest absolute Gasteiger partial charge is 0.129 e. The number of ether oxygens (including phenoxy) is 1. The maximum Gasteiger partial charge on any atom is 0.129 e. The molecular weight excluding hydrogens is 238 g/mol. The van der Waals surface area contributed by atoms with Gasteiger partial charge in [0.1, 0.15) is 5.82 Å². The summed E-state index contributed by atoms with van der Waals surface area (Å²) in [6.45, 7) is 6.88. The van der Waals surface area contributed by atoms with Crippen LogP contribution in [-0.4, -0.2) is 29.2 Å². The molecule has 0 spiro atoms. The van der Waals surface area contributed by atoms with Gasteiger partial charge >= 0.3 is 0 Å². The lowest BCUT2D eigenvalue weighted by molar-refractivity contribution is 0.185. The van der Waals surface area contributed by atoms with Crippen LogP contribution in [0.5, 0.6) is 0 Å². The summed E-state index contributed by atoms with van der Waals surface area (Å²) >= 11 is 0. The molecule has 1 saturated carbocycles. The average Bonchev–Trinajstić information content (AvgIpc) is 3.05. The van der Waals surface area contributed by atoms with E-state index in [0.29, 0.717) is 5.92 Å². The van der Waals surface area contributed by atoms with Crippen LogP contribution in [0.2, 0.25) is 0 Å². The molecule has 2 fully saturated rings. The summed E-state index contributed by atoms with van der Waals surface area (Å²) < 4.78 is 5.42. The molecule has 1 saturated heterocycles. The van der Waals surface area contributed by atoms with Crippen LogP contribution in [-0.2, 0) is 17.7 Å². The largest absolute Gasteiger partial charge is 0.381 e. The van der Waals surface area contributed by atoms with Crippen LogP contribution < -0.4 is 5.32 Å². The lowest BCUT2D eigenvalue weighted by Crippen LogP contribution is -2.19. The van der Waals surface area contributed by atoms with Crippen LogP contribution in [0.1, 0.15) is 42.0 Å². The molecule has 3 rings (SSSR count). The first-order valence-electron chi connectivity index (χ1n) is 7.36. The van der Waals surface area contributed by atoms with Gasteiger partial charge in [0.2, 0.25) is 0 Å². The second-order valence-corrected chi connectivity index (χ2v) is 5.88. The molecule has 19 heavy (non-hydrogen) atoms. The summed E-state index contributed by atoms with van der Waals surface area (Å²) in [4.78, 5) is 9.38. The first-order valence-corrected chi connectivity index (χ1v) is 7.36. The summed E-state index contributed by atoms with van der Waals surface area (Å²) in [5.74, 6) is 1.59. The van der Waals surface area contributed by atoms with Crippen molar-refractivity contribution < 1.29 is 4.74 Å². The molecule has 1 aliphatic carbocycles. The summed E-state index contributed by atoms with van der Waals surface area (Å²) in [5.41, 5.74) is 3.54. The molecule has 0 amide bonds. The molecule has 2 heterocycles. The molecule has 1 aromatic rings. The highest BCUT2D eigenvalue weighted by molar-refractivity contribution is 5.24. The molecule has 4 heteroatoms. The van der Waals surface area contributed by atoms with E-state index < -0.39 is 0 Å². The highest BCUT2D eigenvalue weighted by atomic mass is 16.5. The molecule has 0 aromatic carbocycles. The molecular formula is C15H23N3O. The summed E-state index contributed by atoms with van der Waals surface area (Å²) in [6, 6.07) is 0.731. The second kappa shape index (κ2) is 5.55. The number of hydrogen-bond acceptors (Lipinski definition) is 4. The van der Waals surface area contributed by atoms with Gasteiger partial charge in [-0.3, -0.25) is 0 Å². The Balaban J connectivity index is 1.68. The molecule has 104 valence electrons. The SMILES string of the molecule is Cc1nc(CC2CCOC2)nc(C)c1CNC1CC1. The number of nitrogens with one attached hydrogen (secondary N) is 1. The minimum absolute atomic E-state index is 0.606. The summed E-state index contributed by atoms with van der Waals surface area (Å²) in [7, 11) is 0. The van der Waals surface area contributed by atoms with Gasteiger partial charge in [-0.1, -0.05) is 0 Å². The number of rotatable bonds is 5. The lowest BCUT2D eigenvalue weighted by Gasteiger charge is -2.13. The van der Waals surface area contributed by atoms with Gasteiger partial charge in [-0.25, -0.2) is 9.97 Å². The van der Waals surface area contributed by atoms with Gasteiger partial charge in [-0.15, -0.1) is 0 Å². The normalized spacial score (nSPS) is 22.9. The van der Waals surface area contributed by atoms with Crippen molar-refractivity contribution in [1.29, 1.82) is 0 Å². The van der Waals surface area contributed by atoms with Gasteiger partial charge in [-0.05, 0) is 39.0 Å². The Hall–Kier alpha value is -1.00. The van der Waals surface area contributed by atoms with Gasteiger partial charge in [0.05, 0.1) is 0 Å². The van der Waals surface area contributed by atoms with Gasteiger partial charge < -0.3 is 10.1 Å². The Labute approximate surface area is 115 Å². The predicted octanol–water partition coefficient (Wildman–Crippen LogP) is 1.92. The van der Waals surface area contributed by atoms with Crippen LogP contribution >= 0.6 is 0 Å². The number of nitrogens with zero attached hydrogens (tertiary/aromatic N) is 2. The van der Waals surface area contributed by atoms with Crippen molar-refractivity contribution in [2.45, 2.75) is 52.1 Å². The van der Waals surface area contributed by atoms with E-state index in [9.17, 15) is 0 Å². The number of aryl methyl sites for hydroxylation is 2. The third-order valence-corrected chi connectivity index (χ3v) is 4.11. The van der Waals surface area contributed by atoms with E-state index in [2.05, 4.69) is 29.1 Å². The van der Waals surface area contributed by atoms with Crippen molar-refractivity contribution in [3.05, 3.63) is 22.8 Å². The van der Waals surface area contributed by atoms with Crippen molar-refractivity contribution in [3.63, 3.8) is 0 Å². The molecule has 0 bridgehead atoms. The average molecular weight is 261 g/mol. The minimum Gasteiger partial charge on any atom is -0.381 e. The van der Waals surface area contributed by atoms with Crippen molar-refractivity contribution in [3.8, 4) is 0 Å². The Morgan fingerprint density at radius 1 is 1.16 bits per heavy atom. The van der Waals surface area contributed by atoms with E-state index >= 15 is 0 Å². The highest BCUT2D eigenvalue weighted by Crippen LogP contribution is 2.21. The van der Waals surface area contributed by atoms with E-state index in [1.54, 1.807) is 0 Å². The monoisotopic (exact) mass is 261 g/mol. The molecule has 1 aliphatic heterocycles. The Morgan fingerprint density at radius 3 is 2.47 bits per heavy atom.